The highest BCUT2D eigenvalue weighted by Gasteiger charge is 2.17. The minimum atomic E-state index is 0.154. The number of thiol groups is 2. The molecule has 0 saturated heterocycles. The normalized spacial score (nSPS) is 10.9. The van der Waals surface area contributed by atoms with Crippen molar-refractivity contribution in [1.29, 1.82) is 0 Å². The fourth-order valence-electron chi connectivity index (χ4n) is 2.34. The zero-order chi connectivity index (χ0) is 15.2. The van der Waals surface area contributed by atoms with Crippen molar-refractivity contribution < 1.29 is 10.2 Å². The summed E-state index contributed by atoms with van der Waals surface area (Å²) in [6.45, 7) is 7.50. The molecule has 2 rings (SSSR count). The van der Waals surface area contributed by atoms with Crippen LogP contribution in [0.1, 0.15) is 22.3 Å². The molecule has 0 aliphatic carbocycles. The van der Waals surface area contributed by atoms with E-state index in [1.165, 1.54) is 0 Å². The Morgan fingerprint density at radius 1 is 0.700 bits per heavy atom. The Balaban J connectivity index is 2.83. The number of hydrogen-bond acceptors (Lipinski definition) is 4. The van der Waals surface area contributed by atoms with E-state index in [1.807, 2.05) is 39.8 Å². The third-order valence-corrected chi connectivity index (χ3v) is 5.07. The minimum Gasteiger partial charge on any atom is -0.507 e. The largest absolute Gasteiger partial charge is 0.507 e. The summed E-state index contributed by atoms with van der Waals surface area (Å²) in [7, 11) is 0. The second kappa shape index (κ2) is 5.26. The maximum atomic E-state index is 10.4. The number of aryl methyl sites for hydroxylation is 2. The third-order valence-electron chi connectivity index (χ3n) is 3.69. The topological polar surface area (TPSA) is 40.5 Å². The fraction of sp³-hybridized carbons (Fsp3) is 0.250. The second-order valence-corrected chi connectivity index (χ2v) is 6.02. The molecule has 0 heterocycles. The van der Waals surface area contributed by atoms with Gasteiger partial charge < -0.3 is 10.2 Å². The predicted molar refractivity (Wildman–Crippen MR) is 88.7 cm³/mol. The molecule has 2 N–H and O–H groups in total. The number of rotatable bonds is 1. The predicted octanol–water partition coefficient (Wildman–Crippen LogP) is 4.58. The molecule has 2 aromatic carbocycles. The summed E-state index contributed by atoms with van der Waals surface area (Å²) in [5.74, 6) is 0.309. The van der Waals surface area contributed by atoms with Crippen LogP contribution in [-0.2, 0) is 0 Å². The van der Waals surface area contributed by atoms with Gasteiger partial charge in [0.05, 0.1) is 0 Å². The van der Waals surface area contributed by atoms with Crippen LogP contribution in [-0.4, -0.2) is 10.2 Å². The van der Waals surface area contributed by atoms with Gasteiger partial charge in [0, 0.05) is 32.0 Å². The molecule has 0 unspecified atom stereocenters. The van der Waals surface area contributed by atoms with Gasteiger partial charge in [0.1, 0.15) is 11.5 Å². The highest BCUT2D eigenvalue weighted by Crippen LogP contribution is 2.43. The molecule has 0 atom stereocenters. The number of phenolic OH excluding ortho intramolecular Hbond substituents is 2. The number of hydrogen-bond donors (Lipinski definition) is 4. The lowest BCUT2D eigenvalue weighted by molar-refractivity contribution is 0.462. The van der Waals surface area contributed by atoms with Gasteiger partial charge in [-0.1, -0.05) is 0 Å². The maximum absolute atomic E-state index is 10.4. The van der Waals surface area contributed by atoms with Crippen LogP contribution < -0.4 is 0 Å². The molecule has 0 saturated carbocycles. The molecule has 0 aliphatic heterocycles. The Morgan fingerprint density at radius 2 is 1.00 bits per heavy atom. The molecule has 0 amide bonds. The first-order valence-electron chi connectivity index (χ1n) is 6.30. The minimum absolute atomic E-state index is 0.154. The van der Waals surface area contributed by atoms with Crippen LogP contribution >= 0.6 is 25.3 Å². The van der Waals surface area contributed by atoms with Gasteiger partial charge in [0.15, 0.2) is 0 Å². The first kappa shape index (κ1) is 15.1. The highest BCUT2D eigenvalue weighted by atomic mass is 32.1. The molecule has 2 aromatic rings. The Bertz CT molecular complexity index is 645. The Hall–Kier alpha value is -1.26. The Morgan fingerprint density at radius 3 is 1.30 bits per heavy atom. The van der Waals surface area contributed by atoms with Crippen LogP contribution in [0.2, 0.25) is 0 Å². The van der Waals surface area contributed by atoms with E-state index in [9.17, 15) is 10.2 Å². The number of benzene rings is 2. The molecular formula is C16H18O2S2. The van der Waals surface area contributed by atoms with Gasteiger partial charge in [-0.25, -0.2) is 0 Å². The van der Waals surface area contributed by atoms with Gasteiger partial charge in [0.2, 0.25) is 0 Å². The smallest absolute Gasteiger partial charge is 0.127 e. The van der Waals surface area contributed by atoms with Crippen LogP contribution in [0.4, 0.5) is 0 Å². The molecule has 106 valence electrons. The van der Waals surface area contributed by atoms with Crippen molar-refractivity contribution >= 4 is 25.3 Å². The summed E-state index contributed by atoms with van der Waals surface area (Å²) >= 11 is 8.78. The van der Waals surface area contributed by atoms with Crippen LogP contribution in [0, 0.1) is 27.7 Å². The van der Waals surface area contributed by atoms with E-state index in [1.54, 1.807) is 0 Å². The van der Waals surface area contributed by atoms with Gasteiger partial charge in [-0.2, -0.15) is 0 Å². The lowest BCUT2D eigenvalue weighted by Gasteiger charge is -2.16. The van der Waals surface area contributed by atoms with E-state index in [0.29, 0.717) is 22.3 Å². The quantitative estimate of drug-likeness (QED) is 0.583. The van der Waals surface area contributed by atoms with E-state index < -0.39 is 0 Å². The van der Waals surface area contributed by atoms with Crippen molar-refractivity contribution in [2.75, 3.05) is 0 Å². The molecule has 2 nitrogen and oxygen atoms in total. The van der Waals surface area contributed by atoms with E-state index in [0.717, 1.165) is 20.9 Å². The van der Waals surface area contributed by atoms with Crippen molar-refractivity contribution in [1.82, 2.24) is 0 Å². The molecule has 20 heavy (non-hydrogen) atoms. The maximum Gasteiger partial charge on any atom is 0.127 e. The lowest BCUT2D eigenvalue weighted by atomic mass is 9.95. The van der Waals surface area contributed by atoms with Crippen LogP contribution in [0.15, 0.2) is 21.9 Å². The van der Waals surface area contributed by atoms with Gasteiger partial charge in [0.25, 0.3) is 0 Å². The molecule has 0 bridgehead atoms. The van der Waals surface area contributed by atoms with Crippen molar-refractivity contribution in [3.8, 4) is 22.6 Å². The summed E-state index contributed by atoms with van der Waals surface area (Å²) in [6.07, 6.45) is 0. The van der Waals surface area contributed by atoms with Crippen molar-refractivity contribution in [2.45, 2.75) is 37.5 Å². The Labute approximate surface area is 130 Å². The zero-order valence-electron chi connectivity index (χ0n) is 11.9. The first-order valence-corrected chi connectivity index (χ1v) is 7.19. The van der Waals surface area contributed by atoms with Crippen LogP contribution in [0.25, 0.3) is 11.1 Å². The summed E-state index contributed by atoms with van der Waals surface area (Å²) in [5, 5.41) is 20.7. The van der Waals surface area contributed by atoms with Gasteiger partial charge in [-0.05, 0) is 51.0 Å². The molecule has 4 heteroatoms. The molecular weight excluding hydrogens is 288 g/mol. The van der Waals surface area contributed by atoms with E-state index in [4.69, 9.17) is 0 Å². The standard InChI is InChI=1S/C16H18O2S2/c1-7-5-11(13(17)9(3)15(7)19)12-6-8(2)16(20)10(4)14(12)18/h5-6,17-20H,1-4H3. The third kappa shape index (κ3) is 2.27. The summed E-state index contributed by atoms with van der Waals surface area (Å²) in [5.41, 5.74) is 4.59. The average Bonchev–Trinajstić information content (AvgIpc) is 2.42. The number of aromatic hydroxyl groups is 2. The zero-order valence-corrected chi connectivity index (χ0v) is 13.7. The van der Waals surface area contributed by atoms with E-state index >= 15 is 0 Å². The lowest BCUT2D eigenvalue weighted by Crippen LogP contribution is -1.92. The molecule has 0 fully saturated rings. The van der Waals surface area contributed by atoms with Crippen molar-refractivity contribution in [3.63, 3.8) is 0 Å². The molecule has 0 radical (unpaired) electrons. The average molecular weight is 306 g/mol. The van der Waals surface area contributed by atoms with E-state index in [-0.39, 0.29) is 11.5 Å². The van der Waals surface area contributed by atoms with Crippen molar-refractivity contribution in [2.24, 2.45) is 0 Å². The summed E-state index contributed by atoms with van der Waals surface area (Å²) in [4.78, 5) is 1.54. The fourth-order valence-corrected chi connectivity index (χ4v) is 2.68. The van der Waals surface area contributed by atoms with Gasteiger partial charge >= 0.3 is 0 Å². The summed E-state index contributed by atoms with van der Waals surface area (Å²) < 4.78 is 0. The molecule has 0 aromatic heterocycles. The monoisotopic (exact) mass is 306 g/mol. The van der Waals surface area contributed by atoms with Gasteiger partial charge in [-0.3, -0.25) is 0 Å². The second-order valence-electron chi connectivity index (χ2n) is 5.13. The molecule has 0 spiro atoms. The van der Waals surface area contributed by atoms with Gasteiger partial charge in [-0.15, -0.1) is 25.3 Å². The Kier molecular flexibility index (Phi) is 3.98. The number of phenols is 2. The first-order chi connectivity index (χ1) is 9.25. The highest BCUT2D eigenvalue weighted by molar-refractivity contribution is 7.80. The van der Waals surface area contributed by atoms with Crippen LogP contribution in [0.3, 0.4) is 0 Å². The van der Waals surface area contributed by atoms with Crippen LogP contribution in [0.5, 0.6) is 11.5 Å². The molecule has 0 aliphatic rings. The van der Waals surface area contributed by atoms with Crippen molar-refractivity contribution in [3.05, 3.63) is 34.4 Å². The summed E-state index contributed by atoms with van der Waals surface area (Å²) in [6, 6.07) is 3.69. The van der Waals surface area contributed by atoms with E-state index in [2.05, 4.69) is 25.3 Å². The SMILES string of the molecule is Cc1cc(-c2cc(C)c(S)c(C)c2O)c(O)c(C)c1S.